The number of fused-ring (bicyclic) bond motifs is 1. The highest BCUT2D eigenvalue weighted by atomic mass is 19.1. The van der Waals surface area contributed by atoms with Crippen molar-refractivity contribution < 1.29 is 14.2 Å². The minimum atomic E-state index is -0.236. The molecule has 1 aliphatic rings. The number of hydrogen-bond acceptors (Lipinski definition) is 5. The Balaban J connectivity index is 1.46. The van der Waals surface area contributed by atoms with Crippen molar-refractivity contribution in [3.63, 3.8) is 0 Å². The van der Waals surface area contributed by atoms with E-state index in [1.165, 1.54) is 23.1 Å². The third-order valence-electron chi connectivity index (χ3n) is 6.72. The largest absolute Gasteiger partial charge is 0.394 e. The van der Waals surface area contributed by atoms with Gasteiger partial charge in [-0.2, -0.15) is 5.10 Å². The van der Waals surface area contributed by atoms with Gasteiger partial charge in [-0.1, -0.05) is 0 Å². The van der Waals surface area contributed by atoms with Crippen molar-refractivity contribution in [1.82, 2.24) is 24.2 Å². The van der Waals surface area contributed by atoms with E-state index in [1.807, 2.05) is 19.2 Å². The van der Waals surface area contributed by atoms with E-state index < -0.39 is 0 Å². The number of benzene rings is 2. The van der Waals surface area contributed by atoms with Crippen LogP contribution in [0.5, 0.6) is 0 Å². The molecule has 0 aliphatic carbocycles. The van der Waals surface area contributed by atoms with Gasteiger partial charge in [0.05, 0.1) is 25.3 Å². The van der Waals surface area contributed by atoms with Crippen molar-refractivity contribution in [2.75, 3.05) is 39.5 Å². The molecule has 2 aromatic heterocycles. The molecule has 5 rings (SSSR count). The highest BCUT2D eigenvalue weighted by Crippen LogP contribution is 2.37. The summed E-state index contributed by atoms with van der Waals surface area (Å²) >= 11 is 0. The number of likely N-dealkylation sites (tertiary alicyclic amines) is 1. The number of hydrogen-bond donors (Lipinski definition) is 1. The Labute approximate surface area is 198 Å². The average Bonchev–Trinajstić information content (AvgIpc) is 3.46. The van der Waals surface area contributed by atoms with Crippen molar-refractivity contribution in [3.8, 4) is 17.1 Å². The van der Waals surface area contributed by atoms with Gasteiger partial charge in [-0.05, 0) is 79.9 Å². The van der Waals surface area contributed by atoms with Crippen LogP contribution in [0.4, 0.5) is 4.39 Å². The lowest BCUT2D eigenvalue weighted by molar-refractivity contribution is 0.0680. The fraction of sp³-hybridized carbons (Fsp3) is 0.385. The highest BCUT2D eigenvalue weighted by Gasteiger charge is 2.24. The molecule has 1 aliphatic heterocycles. The van der Waals surface area contributed by atoms with E-state index in [9.17, 15) is 4.39 Å². The molecule has 0 amide bonds. The average molecular weight is 464 g/mol. The summed E-state index contributed by atoms with van der Waals surface area (Å²) in [5, 5.41) is 14.3. The van der Waals surface area contributed by atoms with E-state index in [0.29, 0.717) is 19.1 Å². The first-order valence-corrected chi connectivity index (χ1v) is 11.8. The Morgan fingerprint density at radius 1 is 1.09 bits per heavy atom. The number of rotatable bonds is 8. The third-order valence-corrected chi connectivity index (χ3v) is 6.72. The van der Waals surface area contributed by atoms with Crippen LogP contribution >= 0.6 is 0 Å². The topological polar surface area (TPSA) is 68.3 Å². The lowest BCUT2D eigenvalue weighted by Crippen LogP contribution is -2.35. The van der Waals surface area contributed by atoms with Gasteiger partial charge in [0.15, 0.2) is 5.82 Å². The Kier molecular flexibility index (Phi) is 6.71. The summed E-state index contributed by atoms with van der Waals surface area (Å²) in [5.74, 6) is 1.04. The molecule has 7 nitrogen and oxygen atoms in total. The summed E-state index contributed by atoms with van der Waals surface area (Å²) in [6.45, 7) is 4.03. The molecule has 0 unspecified atom stereocenters. The molecule has 3 heterocycles. The number of aliphatic hydroxyl groups is 1. The van der Waals surface area contributed by atoms with E-state index in [0.717, 1.165) is 55.1 Å². The minimum Gasteiger partial charge on any atom is -0.394 e. The number of ether oxygens (including phenoxy) is 1. The van der Waals surface area contributed by atoms with E-state index in [4.69, 9.17) is 9.84 Å². The summed E-state index contributed by atoms with van der Waals surface area (Å²) < 4.78 is 23.0. The zero-order valence-corrected chi connectivity index (χ0v) is 19.4. The van der Waals surface area contributed by atoms with Gasteiger partial charge in [-0.15, -0.1) is 0 Å². The number of nitrogens with zero attached hydrogens (tertiary/aromatic N) is 5. The molecule has 1 fully saturated rings. The summed E-state index contributed by atoms with van der Waals surface area (Å²) in [6.07, 6.45) is 5.93. The van der Waals surface area contributed by atoms with Crippen LogP contribution in [-0.2, 0) is 11.8 Å². The minimum absolute atomic E-state index is 0.0660. The molecule has 34 heavy (non-hydrogen) atoms. The molecule has 8 heteroatoms. The second-order valence-corrected chi connectivity index (χ2v) is 8.82. The first-order valence-electron chi connectivity index (χ1n) is 11.8. The maximum Gasteiger partial charge on any atom is 0.157 e. The first kappa shape index (κ1) is 22.7. The summed E-state index contributed by atoms with van der Waals surface area (Å²) in [4.78, 5) is 6.86. The van der Waals surface area contributed by atoms with Gasteiger partial charge in [0.2, 0.25) is 0 Å². The molecule has 0 bridgehead atoms. The lowest BCUT2D eigenvalue weighted by Gasteiger charge is -2.31. The number of aromatic nitrogens is 4. The second-order valence-electron chi connectivity index (χ2n) is 8.82. The molecule has 178 valence electrons. The second kappa shape index (κ2) is 10.0. The van der Waals surface area contributed by atoms with E-state index in [-0.39, 0.29) is 12.4 Å². The quantitative estimate of drug-likeness (QED) is 0.403. The fourth-order valence-corrected chi connectivity index (χ4v) is 4.92. The monoisotopic (exact) mass is 463 g/mol. The van der Waals surface area contributed by atoms with Gasteiger partial charge < -0.3 is 19.3 Å². The van der Waals surface area contributed by atoms with E-state index >= 15 is 0 Å². The molecule has 0 spiro atoms. The number of piperidine rings is 1. The van der Waals surface area contributed by atoms with Gasteiger partial charge >= 0.3 is 0 Å². The van der Waals surface area contributed by atoms with Crippen molar-refractivity contribution in [2.24, 2.45) is 7.05 Å². The SMILES string of the molecule is Cn1ncnc1-c1ccc2c(c1)c(C1CCN(CCOCCO)CC1)cn2-c1ccc(F)cc1. The predicted molar refractivity (Wildman–Crippen MR) is 130 cm³/mol. The van der Waals surface area contributed by atoms with Crippen LogP contribution < -0.4 is 0 Å². The maximum atomic E-state index is 13.6. The molecular formula is C26H30FN5O2. The van der Waals surface area contributed by atoms with Crippen molar-refractivity contribution in [3.05, 3.63) is 66.4 Å². The molecule has 0 radical (unpaired) electrons. The number of halogens is 1. The zero-order chi connectivity index (χ0) is 23.5. The van der Waals surface area contributed by atoms with E-state index in [1.54, 1.807) is 11.0 Å². The molecule has 0 atom stereocenters. The van der Waals surface area contributed by atoms with Crippen LogP contribution in [0.2, 0.25) is 0 Å². The van der Waals surface area contributed by atoms with Crippen molar-refractivity contribution in [1.29, 1.82) is 0 Å². The van der Waals surface area contributed by atoms with Crippen LogP contribution in [-0.4, -0.2) is 68.8 Å². The van der Waals surface area contributed by atoms with Gasteiger partial charge in [0.25, 0.3) is 0 Å². The van der Waals surface area contributed by atoms with E-state index in [2.05, 4.69) is 43.9 Å². The highest BCUT2D eigenvalue weighted by molar-refractivity contribution is 5.89. The summed E-state index contributed by atoms with van der Waals surface area (Å²) in [5.41, 5.74) is 4.40. The van der Waals surface area contributed by atoms with Crippen LogP contribution in [0.25, 0.3) is 28.0 Å². The van der Waals surface area contributed by atoms with Gasteiger partial charge in [-0.25, -0.2) is 14.1 Å². The van der Waals surface area contributed by atoms with Crippen LogP contribution in [0.3, 0.4) is 0 Å². The number of aliphatic hydroxyl groups excluding tert-OH is 1. The van der Waals surface area contributed by atoms with Gasteiger partial charge in [0.1, 0.15) is 12.1 Å². The Morgan fingerprint density at radius 3 is 2.59 bits per heavy atom. The normalized spacial score (nSPS) is 15.4. The van der Waals surface area contributed by atoms with Gasteiger partial charge in [0, 0.05) is 36.4 Å². The zero-order valence-electron chi connectivity index (χ0n) is 19.4. The Morgan fingerprint density at radius 2 is 1.88 bits per heavy atom. The summed E-state index contributed by atoms with van der Waals surface area (Å²) in [7, 11) is 1.90. The standard InChI is InChI=1S/C26H30FN5O2/c1-30-26(28-18-29-30)20-2-7-25-23(16-20)24(17-32(25)22-5-3-21(27)4-6-22)19-8-10-31(11-9-19)12-14-34-15-13-33/h2-7,16-19,33H,8-15H2,1H3. The maximum absolute atomic E-state index is 13.6. The first-order chi connectivity index (χ1) is 16.6. The molecule has 0 saturated carbocycles. The van der Waals surface area contributed by atoms with Crippen molar-refractivity contribution >= 4 is 10.9 Å². The van der Waals surface area contributed by atoms with Gasteiger partial charge in [-0.3, -0.25) is 0 Å². The van der Waals surface area contributed by atoms with Crippen LogP contribution in [0, 0.1) is 5.82 Å². The fourth-order valence-electron chi connectivity index (χ4n) is 4.92. The summed E-state index contributed by atoms with van der Waals surface area (Å²) in [6, 6.07) is 13.1. The number of aryl methyl sites for hydroxylation is 1. The molecule has 2 aromatic carbocycles. The Bertz CT molecular complexity index is 1240. The molecule has 1 N–H and O–H groups in total. The van der Waals surface area contributed by atoms with Crippen molar-refractivity contribution in [2.45, 2.75) is 18.8 Å². The molecule has 4 aromatic rings. The Hall–Kier alpha value is -3.07. The predicted octanol–water partition coefficient (Wildman–Crippen LogP) is 3.75. The van der Waals surface area contributed by atoms with Crippen LogP contribution in [0.1, 0.15) is 24.3 Å². The lowest BCUT2D eigenvalue weighted by atomic mass is 9.89. The molecule has 1 saturated heterocycles. The smallest absolute Gasteiger partial charge is 0.157 e. The molecular weight excluding hydrogens is 433 g/mol. The van der Waals surface area contributed by atoms with Crippen LogP contribution in [0.15, 0.2) is 55.0 Å². The third kappa shape index (κ3) is 4.61.